The maximum absolute atomic E-state index is 10.8. The van der Waals surface area contributed by atoms with Crippen molar-refractivity contribution in [2.24, 2.45) is 0 Å². The highest BCUT2D eigenvalue weighted by Crippen LogP contribution is 2.29. The normalized spacial score (nSPS) is 10.9. The van der Waals surface area contributed by atoms with Crippen LogP contribution in [0.4, 0.5) is 0 Å². The van der Waals surface area contributed by atoms with Crippen molar-refractivity contribution in [3.63, 3.8) is 0 Å². The summed E-state index contributed by atoms with van der Waals surface area (Å²) in [6.45, 7) is 11.7. The molecule has 27 heavy (non-hydrogen) atoms. The third-order valence-corrected chi connectivity index (χ3v) is 5.04. The third kappa shape index (κ3) is 6.26. The molecule has 0 amide bonds. The predicted octanol–water partition coefficient (Wildman–Crippen LogP) is 4.29. The van der Waals surface area contributed by atoms with Gasteiger partial charge in [0.15, 0.2) is 0 Å². The zero-order chi connectivity index (χ0) is 20.9. The molecule has 0 saturated heterocycles. The summed E-state index contributed by atoms with van der Waals surface area (Å²) >= 11 is 0. The van der Waals surface area contributed by atoms with Gasteiger partial charge >= 0.3 is 0 Å². The Labute approximate surface area is 163 Å². The molecule has 0 heterocycles. The number of rotatable bonds is 4. The molecule has 0 bridgehead atoms. The Morgan fingerprint density at radius 1 is 0.778 bits per heavy atom. The molecule has 150 valence electrons. The summed E-state index contributed by atoms with van der Waals surface area (Å²) in [7, 11) is -1.02. The zero-order valence-corrected chi connectivity index (χ0v) is 18.2. The second-order valence-corrected chi connectivity index (χ2v) is 8.19. The van der Waals surface area contributed by atoms with Crippen molar-refractivity contribution < 1.29 is 22.4 Å². The van der Waals surface area contributed by atoms with Gasteiger partial charge in [-0.2, -0.15) is 0 Å². The first-order chi connectivity index (χ1) is 12.4. The minimum Gasteiger partial charge on any atom is -0.748 e. The molecule has 0 atom stereocenters. The van der Waals surface area contributed by atoms with Crippen LogP contribution in [0.1, 0.15) is 38.9 Å². The van der Waals surface area contributed by atoms with E-state index in [9.17, 15) is 13.0 Å². The lowest BCUT2D eigenvalue weighted by molar-refractivity contribution is 0.407. The highest BCUT2D eigenvalue weighted by atomic mass is 32.2. The molecule has 2 aromatic carbocycles. The number of hydrogen-bond acceptors (Lipinski definition) is 5. The van der Waals surface area contributed by atoms with Crippen molar-refractivity contribution in [3.8, 4) is 11.5 Å². The first-order valence-electron chi connectivity index (χ1n) is 8.60. The quantitative estimate of drug-likeness (QED) is 0.725. The first-order valence-corrected chi connectivity index (χ1v) is 10.2. The minimum absolute atomic E-state index is 0.485. The van der Waals surface area contributed by atoms with Crippen LogP contribution in [0.2, 0.25) is 0 Å². The first kappa shape index (κ1) is 23.0. The van der Waals surface area contributed by atoms with Crippen LogP contribution in [-0.4, -0.2) is 27.2 Å². The van der Waals surface area contributed by atoms with Crippen molar-refractivity contribution in [1.29, 1.82) is 0 Å². The monoisotopic (exact) mass is 393 g/mol. The number of ether oxygens (including phenoxy) is 2. The molecule has 0 aliphatic rings. The van der Waals surface area contributed by atoms with E-state index in [0.29, 0.717) is 11.3 Å². The van der Waals surface area contributed by atoms with Gasteiger partial charge in [0, 0.05) is 0 Å². The largest absolute Gasteiger partial charge is 0.748 e. The van der Waals surface area contributed by atoms with Crippen LogP contribution in [-0.2, 0) is 15.9 Å². The van der Waals surface area contributed by atoms with Crippen LogP contribution >= 0.6 is 0 Å². The van der Waals surface area contributed by atoms with Crippen LogP contribution in [0, 0.1) is 41.5 Å². The number of aryl methyl sites for hydroxylation is 5. The Kier molecular flexibility index (Phi) is 7.87. The fourth-order valence-corrected chi connectivity index (χ4v) is 4.21. The molecule has 2 rings (SSSR count). The molecule has 0 spiro atoms. The van der Waals surface area contributed by atoms with Crippen LogP contribution in [0.15, 0.2) is 18.2 Å². The van der Waals surface area contributed by atoms with E-state index in [0.717, 1.165) is 22.4 Å². The summed E-state index contributed by atoms with van der Waals surface area (Å²) < 4.78 is 42.8. The molecule has 0 radical (unpaired) electrons. The Morgan fingerprint density at radius 3 is 1.63 bits per heavy atom. The van der Waals surface area contributed by atoms with Gasteiger partial charge in [-0.05, 0) is 74.9 Å². The molecule has 2 aromatic rings. The molecule has 0 aliphatic carbocycles. The molecule has 0 fully saturated rings. The molecule has 0 saturated carbocycles. The lowest BCUT2D eigenvalue weighted by Crippen LogP contribution is -2.07. The van der Waals surface area contributed by atoms with Crippen molar-refractivity contribution >= 4 is 10.1 Å². The molecule has 0 aliphatic heterocycles. The van der Waals surface area contributed by atoms with Gasteiger partial charge in [-0.3, -0.25) is 0 Å². The number of benzene rings is 2. The smallest absolute Gasteiger partial charge is 0.124 e. The van der Waals surface area contributed by atoms with Crippen molar-refractivity contribution in [2.45, 2.75) is 47.3 Å². The average Bonchev–Trinajstić information content (AvgIpc) is 2.51. The maximum atomic E-state index is 10.8. The Bertz CT molecular complexity index is 892. The lowest BCUT2D eigenvalue weighted by atomic mass is 10.00. The highest BCUT2D eigenvalue weighted by Gasteiger charge is 2.13. The molecule has 5 nitrogen and oxygen atoms in total. The second-order valence-electron chi connectivity index (χ2n) is 6.78. The van der Waals surface area contributed by atoms with Gasteiger partial charge in [-0.25, -0.2) is 8.42 Å². The van der Waals surface area contributed by atoms with Crippen molar-refractivity contribution in [3.05, 3.63) is 57.1 Å². The van der Waals surface area contributed by atoms with Crippen LogP contribution < -0.4 is 9.47 Å². The summed E-state index contributed by atoms with van der Waals surface area (Å²) in [5.41, 5.74) is 6.72. The number of hydrogen-bond donors (Lipinski definition) is 0. The molecule has 0 N–H and O–H groups in total. The molecule has 0 aromatic heterocycles. The summed E-state index contributed by atoms with van der Waals surface area (Å²) in [6, 6.07) is 6.09. The molecule has 6 heteroatoms. The van der Waals surface area contributed by atoms with E-state index in [-0.39, 0.29) is 0 Å². The van der Waals surface area contributed by atoms with Gasteiger partial charge in [0.25, 0.3) is 0 Å². The molecule has 0 unspecified atom stereocenters. The summed E-state index contributed by atoms with van der Waals surface area (Å²) in [5, 5.41) is 0. The van der Waals surface area contributed by atoms with Crippen LogP contribution in [0.5, 0.6) is 11.5 Å². The van der Waals surface area contributed by atoms with E-state index >= 15 is 0 Å². The highest BCUT2D eigenvalue weighted by molar-refractivity contribution is 7.84. The standard InChI is InChI=1S/C11H16O4S.C10H14O/c1-7-5-8(2)11(15-4)9(3)10(7)6-16(12,13)14;1-7-5-8(2)10(11-4)9(3)6-7/h5H,6H2,1-4H3,(H,12,13,14);5-6H,1-4H3/p-1. The molecular weight excluding hydrogens is 364 g/mol. The van der Waals surface area contributed by atoms with E-state index in [2.05, 4.69) is 32.9 Å². The predicted molar refractivity (Wildman–Crippen MR) is 108 cm³/mol. The average molecular weight is 394 g/mol. The second kappa shape index (κ2) is 9.24. The van der Waals surface area contributed by atoms with Gasteiger partial charge in [0.2, 0.25) is 0 Å². The summed E-state index contributed by atoms with van der Waals surface area (Å²) in [4.78, 5) is 0. The van der Waals surface area contributed by atoms with Gasteiger partial charge in [-0.1, -0.05) is 23.8 Å². The van der Waals surface area contributed by atoms with Gasteiger partial charge in [0.05, 0.1) is 30.1 Å². The Balaban J connectivity index is 0.000000289. The SMILES string of the molecule is COc1c(C)cc(C)c(CS(=O)(=O)[O-])c1C.COc1c(C)cc(C)cc1C. The Morgan fingerprint density at radius 2 is 1.22 bits per heavy atom. The van der Waals surface area contributed by atoms with Gasteiger partial charge in [-0.15, -0.1) is 0 Å². The topological polar surface area (TPSA) is 75.7 Å². The van der Waals surface area contributed by atoms with Gasteiger partial charge in [0.1, 0.15) is 11.5 Å². The fourth-order valence-electron chi connectivity index (χ4n) is 3.41. The summed E-state index contributed by atoms with van der Waals surface area (Å²) in [5.74, 6) is 1.17. The van der Waals surface area contributed by atoms with Crippen LogP contribution in [0.3, 0.4) is 0 Å². The van der Waals surface area contributed by atoms with Crippen molar-refractivity contribution in [2.75, 3.05) is 14.2 Å². The van der Waals surface area contributed by atoms with Crippen molar-refractivity contribution in [1.82, 2.24) is 0 Å². The minimum atomic E-state index is -4.27. The van der Waals surface area contributed by atoms with Gasteiger partial charge < -0.3 is 14.0 Å². The maximum Gasteiger partial charge on any atom is 0.124 e. The van der Waals surface area contributed by atoms with E-state index in [1.165, 1.54) is 23.8 Å². The van der Waals surface area contributed by atoms with E-state index in [1.807, 2.05) is 13.0 Å². The van der Waals surface area contributed by atoms with E-state index < -0.39 is 15.9 Å². The Hall–Kier alpha value is -2.05. The lowest BCUT2D eigenvalue weighted by Gasteiger charge is -2.17. The zero-order valence-electron chi connectivity index (χ0n) is 17.4. The number of methoxy groups -OCH3 is 2. The molecular formula is C21H29O5S-. The third-order valence-electron chi connectivity index (χ3n) is 4.39. The van der Waals surface area contributed by atoms with E-state index in [1.54, 1.807) is 21.0 Å². The summed E-state index contributed by atoms with van der Waals surface area (Å²) in [6.07, 6.45) is 0. The van der Waals surface area contributed by atoms with E-state index in [4.69, 9.17) is 9.47 Å². The van der Waals surface area contributed by atoms with Crippen LogP contribution in [0.25, 0.3) is 0 Å². The fraction of sp³-hybridized carbons (Fsp3) is 0.429.